The number of Topliss-reactive ketones (excluding diaryl/α,β-unsaturated/α-hetero) is 4. The van der Waals surface area contributed by atoms with E-state index in [2.05, 4.69) is 15.6 Å². The minimum Gasteiger partial charge on any atom is -0.507 e. The van der Waals surface area contributed by atoms with Crippen molar-refractivity contribution >= 4 is 104 Å². The quantitative estimate of drug-likeness (QED) is 0.0232. The number of hydroxylamine groups is 2. The van der Waals surface area contributed by atoms with Crippen molar-refractivity contribution < 1.29 is 96.3 Å². The lowest BCUT2D eigenvalue weighted by Crippen LogP contribution is -2.54. The number of aliphatic hydroxyl groups excluding tert-OH is 1. The van der Waals surface area contributed by atoms with Gasteiger partial charge in [-0.25, -0.2) is 9.59 Å². The summed E-state index contributed by atoms with van der Waals surface area (Å²) in [7, 11) is 9.12. The zero-order valence-electron chi connectivity index (χ0n) is 68.9. The summed E-state index contributed by atoms with van der Waals surface area (Å²) in [4.78, 5) is 175. The molecule has 4 N–H and O–H groups in total. The zero-order chi connectivity index (χ0) is 83.7. The number of nitrogens with one attached hydrogen (secondary N) is 2. The Morgan fingerprint density at radius 3 is 2.06 bits per heavy atom. The van der Waals surface area contributed by atoms with Gasteiger partial charge in [0.1, 0.15) is 29.6 Å². The van der Waals surface area contributed by atoms with Gasteiger partial charge < -0.3 is 64.1 Å². The number of ether oxygens (including phenoxy) is 5. The van der Waals surface area contributed by atoms with Crippen LogP contribution in [0.1, 0.15) is 203 Å². The largest absolute Gasteiger partial charge is 0.507 e. The summed E-state index contributed by atoms with van der Waals surface area (Å²) in [5.74, 6) is -6.78. The number of ketones is 4. The number of fused-ring (bicyclic) bond motifs is 1. The molecule has 0 spiro atoms. The van der Waals surface area contributed by atoms with Crippen LogP contribution in [0.4, 0.5) is 10.5 Å². The van der Waals surface area contributed by atoms with Gasteiger partial charge in [-0.2, -0.15) is 0 Å². The van der Waals surface area contributed by atoms with Crippen LogP contribution in [0, 0.1) is 47.3 Å². The molecular formula is C84H121N7O20S2. The maximum absolute atomic E-state index is 14.9. The minimum absolute atomic E-state index is 0.00966. The maximum atomic E-state index is 14.9. The molecule has 113 heavy (non-hydrogen) atoms. The number of aliphatic imine (C=N–C) groups is 1. The van der Waals surface area contributed by atoms with Gasteiger partial charge in [0.15, 0.2) is 17.3 Å². The number of carbonyl (C=O) groups is 12. The Hall–Kier alpha value is -8.25. The predicted octanol–water partition coefficient (Wildman–Crippen LogP) is 11.7. The Bertz CT molecular complexity index is 3780. The molecule has 29 heteroatoms. The summed E-state index contributed by atoms with van der Waals surface area (Å²) in [5.41, 5.74) is 2.58. The lowest BCUT2D eigenvalue weighted by atomic mass is 9.83. The summed E-state index contributed by atoms with van der Waals surface area (Å²) in [5, 5.41) is 28.2. The highest BCUT2D eigenvalue weighted by molar-refractivity contribution is 8.77. The van der Waals surface area contributed by atoms with E-state index in [1.807, 2.05) is 113 Å². The first-order chi connectivity index (χ1) is 53.4. The van der Waals surface area contributed by atoms with Crippen molar-refractivity contribution in [1.29, 1.82) is 0 Å². The number of nitrogens with zero attached hydrogens (tertiary/aromatic N) is 5. The number of amides is 7. The highest BCUT2D eigenvalue weighted by atomic mass is 33.1. The molecule has 3 aromatic carbocycles. The van der Waals surface area contributed by atoms with Gasteiger partial charge >= 0.3 is 12.1 Å². The number of hydrogen-bond donors (Lipinski definition) is 4. The van der Waals surface area contributed by atoms with Crippen molar-refractivity contribution in [2.24, 2.45) is 52.3 Å². The normalized spacial score (nSPS) is 17.7. The molecule has 3 aromatic rings. The monoisotopic (exact) mass is 1610 g/mol. The average molecular weight is 1610 g/mol. The first-order valence-electron chi connectivity index (χ1n) is 39.5. The van der Waals surface area contributed by atoms with Gasteiger partial charge in [0.05, 0.1) is 86.4 Å². The molecule has 624 valence electrons. The molecular weight excluding hydrogens is 1490 g/mol. The van der Waals surface area contributed by atoms with Crippen LogP contribution in [0.3, 0.4) is 0 Å². The van der Waals surface area contributed by atoms with Crippen molar-refractivity contribution in [1.82, 2.24) is 25.1 Å². The number of rotatable bonds is 46. The van der Waals surface area contributed by atoms with Crippen LogP contribution in [-0.2, 0) is 78.4 Å². The number of anilines is 1. The van der Waals surface area contributed by atoms with Gasteiger partial charge in [-0.05, 0) is 86.0 Å². The number of likely N-dealkylation sites (tertiary alicyclic amines) is 1. The maximum Gasteiger partial charge on any atom is 0.410 e. The van der Waals surface area contributed by atoms with Gasteiger partial charge in [0.25, 0.3) is 11.8 Å². The second-order valence-corrected chi connectivity index (χ2v) is 34.9. The van der Waals surface area contributed by atoms with Crippen LogP contribution in [0.25, 0.3) is 0 Å². The second-order valence-electron chi connectivity index (χ2n) is 31.8. The molecule has 27 nitrogen and oxygen atoms in total. The average Bonchev–Trinajstić information content (AvgIpc) is 1.64. The fourth-order valence-electron chi connectivity index (χ4n) is 14.8. The van der Waals surface area contributed by atoms with Crippen LogP contribution in [0.5, 0.6) is 17.2 Å². The second kappa shape index (κ2) is 44.6. The third kappa shape index (κ3) is 27.2. The molecule has 0 bridgehead atoms. The Morgan fingerprint density at radius 2 is 1.44 bits per heavy atom. The van der Waals surface area contributed by atoms with E-state index in [1.165, 1.54) is 46.7 Å². The van der Waals surface area contributed by atoms with Gasteiger partial charge in [-0.3, -0.25) is 52.9 Å². The third-order valence-electron chi connectivity index (χ3n) is 21.3. The lowest BCUT2D eigenvalue weighted by molar-refractivity contribution is -0.197. The van der Waals surface area contributed by atoms with Crippen LogP contribution < -0.4 is 20.1 Å². The first kappa shape index (κ1) is 93.6. The number of aromatic hydroxyl groups is 1. The number of phenols is 1. The number of benzene rings is 3. The van der Waals surface area contributed by atoms with Crippen molar-refractivity contribution in [2.75, 3.05) is 65.7 Å². The Balaban J connectivity index is 0.924. The van der Waals surface area contributed by atoms with Crippen LogP contribution in [0.15, 0.2) is 71.7 Å². The van der Waals surface area contributed by atoms with Gasteiger partial charge in [0.2, 0.25) is 23.6 Å². The number of imide groups is 1. The topological polar surface area (TPSA) is 350 Å². The number of aliphatic hydroxyl groups is 1. The Morgan fingerprint density at radius 1 is 0.770 bits per heavy atom. The van der Waals surface area contributed by atoms with Crippen LogP contribution in [-0.4, -0.2) is 208 Å². The molecule has 3 aliphatic rings. The van der Waals surface area contributed by atoms with E-state index in [-0.39, 0.29) is 179 Å². The van der Waals surface area contributed by atoms with Crippen molar-refractivity contribution in [3.63, 3.8) is 0 Å². The van der Waals surface area contributed by atoms with Gasteiger partial charge in [0, 0.05) is 132 Å². The van der Waals surface area contributed by atoms with E-state index >= 15 is 0 Å². The summed E-state index contributed by atoms with van der Waals surface area (Å²) >= 11 is 0. The van der Waals surface area contributed by atoms with E-state index in [4.69, 9.17) is 28.5 Å². The summed E-state index contributed by atoms with van der Waals surface area (Å²) in [6.45, 7) is 24.6. The molecule has 3 heterocycles. The van der Waals surface area contributed by atoms with Crippen LogP contribution >= 0.6 is 21.6 Å². The molecule has 3 aliphatic heterocycles. The molecule has 0 aliphatic carbocycles. The number of methoxy groups -OCH3 is 2. The summed E-state index contributed by atoms with van der Waals surface area (Å²) in [6, 6.07) is 16.0. The fourth-order valence-corrected chi connectivity index (χ4v) is 17.3. The molecule has 0 saturated carbocycles. The van der Waals surface area contributed by atoms with Crippen molar-refractivity contribution in [3.05, 3.63) is 83.4 Å². The molecule has 0 unspecified atom stereocenters. The molecule has 12 atom stereocenters. The van der Waals surface area contributed by atoms with Crippen molar-refractivity contribution in [2.45, 2.75) is 234 Å². The first-order valence-corrected chi connectivity index (χ1v) is 41.8. The van der Waals surface area contributed by atoms with E-state index in [1.54, 1.807) is 61.2 Å². The SMILES string of the molecule is CC[C@H](C)[C@@H]([C@@H](CC(=O)N1CCC[C@H]1[C@H](OC)[C@@H](C)C(=O)C[C@H](C)[C@@H](O)c1ccccc1)OC)N(C)C(=O)[C@@H](CC(=O)[C@H](C(C)C)N(C)C(=O)OCc1ccc(NC(=O)[C@H](C)CC(=O)[C@@H](NC(=O)CCSSC(C)(C)CC(=O)CN=C2CCOc3cc(OCCCC(=O)ON4C(=O)CCC4=O)cc(O)c32)C(C)C)cc1)C(C)C. The standard InChI is InChI=1S/C84H121N7O20S2/c1-18-52(8)78(69(106-16)45-73(100)90-36-22-26-63(90)80(107-17)55(11)64(93)40-53(9)79(102)57-24-20-19-21-25-57)88(14)82(104)61(49(2)3)44-67(96)77(51(6)7)89(15)83(105)110-48-56-28-30-58(31-29-56)86-81(103)54(10)41-66(95)76(50(4)5)87-70(97)35-39-112-113-84(12,13)46-59(92)47-85-62-34-38-109-68-43-60(42-65(94)75(62)68)108-37-23-27-74(101)111-91-71(98)32-33-72(91)99/h19-21,24-25,28-31,42-43,49-55,61,63,69,76-80,94,102H,18,22-23,26-27,32-41,44-48H2,1-17H3,(H,86,103)(H,87,97)/t52-,53-,54+,55-,61-,63-,69+,76-,77-,78-,79+,80+/m0/s1. The van der Waals surface area contributed by atoms with E-state index in [0.717, 1.165) is 5.56 Å². The number of carbonyl (C=O) groups excluding carboxylic acids is 12. The lowest BCUT2D eigenvalue weighted by Gasteiger charge is -2.41. The molecule has 6 rings (SSSR count). The predicted molar refractivity (Wildman–Crippen MR) is 431 cm³/mol. The molecule has 2 fully saturated rings. The summed E-state index contributed by atoms with van der Waals surface area (Å²) < 4.78 is 28.9. The van der Waals surface area contributed by atoms with Crippen molar-refractivity contribution in [3.8, 4) is 17.2 Å². The highest BCUT2D eigenvalue weighted by Gasteiger charge is 2.45. The summed E-state index contributed by atoms with van der Waals surface area (Å²) in [6.07, 6.45) is -0.533. The van der Waals surface area contributed by atoms with E-state index in [9.17, 15) is 67.7 Å². The smallest absolute Gasteiger partial charge is 0.410 e. The Kier molecular flexibility index (Phi) is 36.9. The van der Waals surface area contributed by atoms with Gasteiger partial charge in [-0.1, -0.05) is 147 Å². The number of hydrogen-bond acceptors (Lipinski definition) is 23. The van der Waals surface area contributed by atoms with Gasteiger partial charge in [-0.15, -0.1) is 5.06 Å². The van der Waals surface area contributed by atoms with E-state index in [0.29, 0.717) is 71.3 Å². The Labute approximate surface area is 673 Å². The molecule has 0 radical (unpaired) electrons. The molecule has 7 amide bonds. The molecule has 0 aromatic heterocycles. The molecule has 2 saturated heterocycles. The fraction of sp³-hybridized carbons (Fsp3) is 0.631. The zero-order valence-corrected chi connectivity index (χ0v) is 70.6. The van der Waals surface area contributed by atoms with E-state index < -0.39 is 88.7 Å². The minimum atomic E-state index is -0.958. The van der Waals surface area contributed by atoms with Crippen LogP contribution in [0.2, 0.25) is 0 Å². The third-order valence-corrected chi connectivity index (χ3v) is 24.6. The highest BCUT2D eigenvalue weighted by Crippen LogP contribution is 2.41. The number of phenolic OH excluding ortho intramolecular Hbond substituents is 1. The number of likely N-dealkylation sites (N-methyl/N-ethyl adjacent to an activating group) is 2.